The first-order valence-electron chi connectivity index (χ1n) is 42.2. The molecule has 9 nitrogen and oxygen atoms in total. The monoisotopic (exact) mass is 1410 g/mol. The van der Waals surface area contributed by atoms with Crippen LogP contribution in [0.4, 0.5) is 0 Å². The molecule has 0 saturated heterocycles. The smallest absolute Gasteiger partial charge is 0.306 e. The van der Waals surface area contributed by atoms with Gasteiger partial charge in [0.1, 0.15) is 19.8 Å². The van der Waals surface area contributed by atoms with Gasteiger partial charge in [-0.15, -0.1) is 0 Å². The average Bonchev–Trinajstić information content (AvgIpc) is 1.30. The number of carbonyl (C=O) groups excluding carboxylic acids is 2. The van der Waals surface area contributed by atoms with Crippen LogP contribution >= 0.6 is 7.82 Å². The van der Waals surface area contributed by atoms with Crippen LogP contribution in [0, 0.1) is 0 Å². The summed E-state index contributed by atoms with van der Waals surface area (Å²) < 4.78 is 34.5. The van der Waals surface area contributed by atoms with E-state index in [9.17, 15) is 19.0 Å². The van der Waals surface area contributed by atoms with Crippen molar-refractivity contribution >= 4 is 19.8 Å². The normalized spacial score (nSPS) is 13.6. The van der Waals surface area contributed by atoms with Crippen molar-refractivity contribution in [3.8, 4) is 0 Å². The predicted octanol–water partition coefficient (Wildman–Crippen LogP) is 27.9. The quantitative estimate of drug-likeness (QED) is 0.0195. The number of nitrogens with zero attached hydrogens (tertiary/aromatic N) is 1. The van der Waals surface area contributed by atoms with Gasteiger partial charge >= 0.3 is 11.9 Å². The Kier molecular flexibility index (Phi) is 76.7. The molecule has 2 atom stereocenters. The van der Waals surface area contributed by atoms with E-state index in [0.29, 0.717) is 17.4 Å². The van der Waals surface area contributed by atoms with Crippen molar-refractivity contribution < 1.29 is 42.1 Å². The molecule has 578 valence electrons. The number of allylic oxidation sites excluding steroid dienone is 20. The summed E-state index contributed by atoms with van der Waals surface area (Å²) in [5, 5.41) is 0. The number of unbranched alkanes of at least 4 members (excludes halogenated alkanes) is 44. The summed E-state index contributed by atoms with van der Waals surface area (Å²) in [5.74, 6) is -0.818. The number of phosphoric ester groups is 1. The summed E-state index contributed by atoms with van der Waals surface area (Å²) in [6.45, 7) is 4.16. The highest BCUT2D eigenvalue weighted by atomic mass is 31.2. The molecule has 0 N–H and O–H groups in total. The summed E-state index contributed by atoms with van der Waals surface area (Å²) in [6.07, 6.45) is 115. The third-order valence-electron chi connectivity index (χ3n) is 18.5. The van der Waals surface area contributed by atoms with Crippen molar-refractivity contribution in [2.45, 2.75) is 392 Å². The van der Waals surface area contributed by atoms with E-state index in [-0.39, 0.29) is 32.0 Å². The predicted molar refractivity (Wildman–Crippen MR) is 434 cm³/mol. The van der Waals surface area contributed by atoms with Gasteiger partial charge in [-0.05, 0) is 109 Å². The maximum atomic E-state index is 12.9. The fourth-order valence-corrected chi connectivity index (χ4v) is 12.8. The Labute approximate surface area is 619 Å². The maximum Gasteiger partial charge on any atom is 0.306 e. The van der Waals surface area contributed by atoms with E-state index in [1.165, 1.54) is 257 Å². The topological polar surface area (TPSA) is 111 Å². The van der Waals surface area contributed by atoms with E-state index in [1.807, 2.05) is 21.1 Å². The van der Waals surface area contributed by atoms with E-state index in [0.717, 1.165) is 96.3 Å². The van der Waals surface area contributed by atoms with Crippen LogP contribution in [-0.4, -0.2) is 70.0 Å². The van der Waals surface area contributed by atoms with Crippen molar-refractivity contribution in [3.63, 3.8) is 0 Å². The molecule has 0 amide bonds. The largest absolute Gasteiger partial charge is 0.756 e. The SMILES string of the molecule is CC/C=C\C/C=C\C/C=C\C/C=C\C/C=C\C/C=C\C/C=C\C/C=C\CCCCCCCCCCCCCCCCCCC(=O)OC(COC(=O)CCCCCCCCCCCCCCCCCCCCCCCCC/C=C\C/C=C\CCCCCCC)COP(=O)([O-])OCC[N+](C)(C)C. The standard InChI is InChI=1S/C90H160NO8P/c1-6-8-10-12-14-16-18-20-22-24-26-28-30-32-34-36-38-40-42-43-44-45-46-47-49-51-53-55-57-59-61-63-65-67-69-71-73-75-77-79-81-83-90(93)99-88(87-98-100(94,95)97-85-84-91(3,4)5)86-96-89(92)82-80-78-76-74-72-70-68-66-64-62-60-58-56-54-52-50-48-41-39-37-35-33-31-29-27-25-23-21-19-17-15-13-11-9-7-2/h8,10,14,16,19-22,25-28,32,34,38,40,43-44,46-47,88H,6-7,9,11-13,15,17-18,23-24,29-31,33,35-37,39,41-42,45,48-87H2,1-5H3/b10-8-,16-14-,21-19-,22-20-,27-25-,28-26-,34-32-,40-38-,44-43-,47-46-. The van der Waals surface area contributed by atoms with Crippen LogP contribution in [0.2, 0.25) is 0 Å². The third kappa shape index (κ3) is 83.4. The summed E-state index contributed by atoms with van der Waals surface area (Å²) in [6, 6.07) is 0. The first kappa shape index (κ1) is 96.4. The molecule has 0 saturated carbocycles. The molecule has 0 aliphatic carbocycles. The van der Waals surface area contributed by atoms with Crippen LogP contribution in [-0.2, 0) is 32.7 Å². The highest BCUT2D eigenvalue weighted by Crippen LogP contribution is 2.38. The summed E-state index contributed by atoms with van der Waals surface area (Å²) in [7, 11) is 1.18. The highest BCUT2D eigenvalue weighted by molar-refractivity contribution is 7.45. The lowest BCUT2D eigenvalue weighted by Gasteiger charge is -2.28. The Hall–Kier alpha value is -3.59. The van der Waals surface area contributed by atoms with Gasteiger partial charge in [0.25, 0.3) is 7.82 Å². The molecule has 0 aromatic rings. The molecule has 0 aromatic heterocycles. The Morgan fingerprint density at radius 1 is 0.320 bits per heavy atom. The average molecular weight is 1420 g/mol. The van der Waals surface area contributed by atoms with Crippen molar-refractivity contribution in [1.29, 1.82) is 0 Å². The highest BCUT2D eigenvalue weighted by Gasteiger charge is 2.22. The fourth-order valence-electron chi connectivity index (χ4n) is 12.1. The Morgan fingerprint density at radius 2 is 0.570 bits per heavy atom. The number of esters is 2. The van der Waals surface area contributed by atoms with E-state index in [1.54, 1.807) is 0 Å². The Bertz CT molecular complexity index is 2110. The lowest BCUT2D eigenvalue weighted by Crippen LogP contribution is -2.37. The van der Waals surface area contributed by atoms with Crippen molar-refractivity contribution in [2.24, 2.45) is 0 Å². The zero-order valence-corrected chi connectivity index (χ0v) is 67.0. The van der Waals surface area contributed by atoms with Crippen molar-refractivity contribution in [2.75, 3.05) is 47.5 Å². The van der Waals surface area contributed by atoms with Crippen LogP contribution in [0.5, 0.6) is 0 Å². The second-order valence-corrected chi connectivity index (χ2v) is 30.9. The molecule has 0 rings (SSSR count). The van der Waals surface area contributed by atoms with Crippen LogP contribution < -0.4 is 4.89 Å². The molecule has 10 heteroatoms. The molecule has 100 heavy (non-hydrogen) atoms. The molecule has 0 radical (unpaired) electrons. The Balaban J connectivity index is 3.94. The van der Waals surface area contributed by atoms with Gasteiger partial charge in [0.15, 0.2) is 6.10 Å². The number of quaternary nitrogens is 1. The summed E-state index contributed by atoms with van der Waals surface area (Å²) in [5.41, 5.74) is 0. The minimum atomic E-state index is -4.65. The second-order valence-electron chi connectivity index (χ2n) is 29.5. The number of likely N-dealkylation sites (N-methyl/N-ethyl adjacent to an activating group) is 1. The maximum absolute atomic E-state index is 12.9. The van der Waals surface area contributed by atoms with E-state index in [2.05, 4.69) is 135 Å². The molecule has 0 heterocycles. The van der Waals surface area contributed by atoms with Gasteiger partial charge in [-0.1, -0.05) is 386 Å². The van der Waals surface area contributed by atoms with Gasteiger partial charge in [0.05, 0.1) is 27.7 Å². The van der Waals surface area contributed by atoms with Crippen LogP contribution in [0.25, 0.3) is 0 Å². The molecular formula is C90H160NO8P. The van der Waals surface area contributed by atoms with Gasteiger partial charge in [0, 0.05) is 12.8 Å². The van der Waals surface area contributed by atoms with Gasteiger partial charge in [0.2, 0.25) is 0 Å². The number of phosphoric acid groups is 1. The molecule has 0 aliphatic rings. The summed E-state index contributed by atoms with van der Waals surface area (Å²) >= 11 is 0. The lowest BCUT2D eigenvalue weighted by atomic mass is 10.0. The van der Waals surface area contributed by atoms with Gasteiger partial charge < -0.3 is 27.9 Å². The van der Waals surface area contributed by atoms with E-state index < -0.39 is 26.5 Å². The fraction of sp³-hybridized carbons (Fsp3) is 0.756. The number of hydrogen-bond acceptors (Lipinski definition) is 8. The lowest BCUT2D eigenvalue weighted by molar-refractivity contribution is -0.870. The third-order valence-corrected chi connectivity index (χ3v) is 19.4. The van der Waals surface area contributed by atoms with Crippen LogP contribution in [0.15, 0.2) is 122 Å². The molecular weight excluding hydrogens is 1250 g/mol. The van der Waals surface area contributed by atoms with Gasteiger partial charge in [-0.2, -0.15) is 0 Å². The second kappa shape index (κ2) is 79.5. The molecule has 2 unspecified atom stereocenters. The number of rotatable bonds is 78. The minimum Gasteiger partial charge on any atom is -0.756 e. The molecule has 0 bridgehead atoms. The first-order chi connectivity index (χ1) is 49.0. The molecule has 0 aromatic carbocycles. The molecule has 0 spiro atoms. The first-order valence-corrected chi connectivity index (χ1v) is 43.7. The van der Waals surface area contributed by atoms with Crippen LogP contribution in [0.1, 0.15) is 386 Å². The Morgan fingerprint density at radius 3 is 0.850 bits per heavy atom. The number of ether oxygens (including phenoxy) is 2. The summed E-state index contributed by atoms with van der Waals surface area (Å²) in [4.78, 5) is 38.2. The van der Waals surface area contributed by atoms with Crippen LogP contribution in [0.3, 0.4) is 0 Å². The zero-order valence-electron chi connectivity index (χ0n) is 66.1. The van der Waals surface area contributed by atoms with E-state index >= 15 is 0 Å². The van der Waals surface area contributed by atoms with Gasteiger partial charge in [-0.25, -0.2) is 0 Å². The van der Waals surface area contributed by atoms with Crippen molar-refractivity contribution in [1.82, 2.24) is 0 Å². The zero-order chi connectivity index (χ0) is 72.5. The van der Waals surface area contributed by atoms with Crippen molar-refractivity contribution in [3.05, 3.63) is 122 Å². The number of hydrogen-bond donors (Lipinski definition) is 0. The molecule has 0 aliphatic heterocycles. The van der Waals surface area contributed by atoms with E-state index in [4.69, 9.17) is 18.5 Å². The van der Waals surface area contributed by atoms with Gasteiger partial charge in [-0.3, -0.25) is 14.2 Å². The number of carbonyl (C=O) groups is 2. The molecule has 0 fully saturated rings. The minimum absolute atomic E-state index is 0.0321.